The van der Waals surface area contributed by atoms with Crippen molar-refractivity contribution in [2.75, 3.05) is 0 Å². The minimum Gasteiger partial charge on any atom is -0.452 e. The first-order valence-corrected chi connectivity index (χ1v) is 6.96. The van der Waals surface area contributed by atoms with Crippen LogP contribution in [0.3, 0.4) is 0 Å². The molecule has 0 spiro atoms. The molecule has 0 bridgehead atoms. The number of hydrogen-bond donors (Lipinski definition) is 0. The van der Waals surface area contributed by atoms with Crippen LogP contribution in [0.5, 0.6) is 0 Å². The molecule has 2 aromatic carbocycles. The monoisotopic (exact) mass is 338 g/mol. The Morgan fingerprint density at radius 3 is 2.42 bits per heavy atom. The van der Waals surface area contributed by atoms with Crippen LogP contribution in [0.15, 0.2) is 57.6 Å². The lowest BCUT2D eigenvalue weighted by molar-refractivity contribution is 0.494. The highest BCUT2D eigenvalue weighted by Crippen LogP contribution is 2.36. The van der Waals surface area contributed by atoms with Gasteiger partial charge in [0.25, 0.3) is 0 Å². The molecule has 3 aromatic rings. The first kappa shape index (κ1) is 12.7. The standard InChI is InChI=1S/C15H9BrClFO/c16-14-8-7-13(19-14)15(17)11-5-6-12(18)10-4-2-1-3-9(10)11/h1-8,15H. The Morgan fingerprint density at radius 1 is 1.00 bits per heavy atom. The normalized spacial score (nSPS) is 12.8. The topological polar surface area (TPSA) is 13.1 Å². The van der Waals surface area contributed by atoms with Crippen molar-refractivity contribution in [1.82, 2.24) is 0 Å². The fraction of sp³-hybridized carbons (Fsp3) is 0.0667. The molecule has 4 heteroatoms. The van der Waals surface area contributed by atoms with Crippen molar-refractivity contribution in [3.05, 3.63) is 70.3 Å². The third kappa shape index (κ3) is 2.28. The summed E-state index contributed by atoms with van der Waals surface area (Å²) < 4.78 is 19.9. The molecule has 0 amide bonds. The van der Waals surface area contributed by atoms with E-state index in [1.54, 1.807) is 24.3 Å². The molecule has 19 heavy (non-hydrogen) atoms. The van der Waals surface area contributed by atoms with Gasteiger partial charge in [0.15, 0.2) is 4.67 Å². The van der Waals surface area contributed by atoms with Gasteiger partial charge in [0, 0.05) is 5.39 Å². The van der Waals surface area contributed by atoms with Crippen molar-refractivity contribution >= 4 is 38.3 Å². The summed E-state index contributed by atoms with van der Waals surface area (Å²) in [7, 11) is 0. The van der Waals surface area contributed by atoms with E-state index in [9.17, 15) is 4.39 Å². The van der Waals surface area contributed by atoms with Crippen molar-refractivity contribution in [3.63, 3.8) is 0 Å². The van der Waals surface area contributed by atoms with Crippen LogP contribution in [0.1, 0.15) is 16.7 Å². The third-order valence-corrected chi connectivity index (χ3v) is 3.90. The molecule has 0 fully saturated rings. The van der Waals surface area contributed by atoms with Gasteiger partial charge in [-0.05, 0) is 45.1 Å². The summed E-state index contributed by atoms with van der Waals surface area (Å²) in [5.41, 5.74) is 0.834. The summed E-state index contributed by atoms with van der Waals surface area (Å²) >= 11 is 9.69. The lowest BCUT2D eigenvalue weighted by Crippen LogP contribution is -1.94. The summed E-state index contributed by atoms with van der Waals surface area (Å²) in [5, 5.41) is 0.920. The molecule has 1 aromatic heterocycles. The summed E-state index contributed by atoms with van der Waals surface area (Å²) in [5.74, 6) is 0.383. The molecule has 0 N–H and O–H groups in total. The molecule has 1 atom stereocenters. The van der Waals surface area contributed by atoms with Crippen molar-refractivity contribution in [2.45, 2.75) is 5.38 Å². The highest BCUT2D eigenvalue weighted by molar-refractivity contribution is 9.10. The van der Waals surface area contributed by atoms with Gasteiger partial charge in [0.1, 0.15) is 17.0 Å². The predicted molar refractivity (Wildman–Crippen MR) is 78.0 cm³/mol. The molecule has 96 valence electrons. The van der Waals surface area contributed by atoms with E-state index in [2.05, 4.69) is 15.9 Å². The predicted octanol–water partition coefficient (Wildman–Crippen LogP) is 5.66. The first-order valence-electron chi connectivity index (χ1n) is 5.73. The second-order valence-electron chi connectivity index (χ2n) is 4.19. The Bertz CT molecular complexity index is 738. The van der Waals surface area contributed by atoms with Gasteiger partial charge in [0.2, 0.25) is 0 Å². The Hall–Kier alpha value is -1.32. The average molecular weight is 340 g/mol. The van der Waals surface area contributed by atoms with Gasteiger partial charge < -0.3 is 4.42 Å². The molecule has 1 nitrogen and oxygen atoms in total. The molecule has 0 radical (unpaired) electrons. The van der Waals surface area contributed by atoms with Gasteiger partial charge in [-0.2, -0.15) is 0 Å². The van der Waals surface area contributed by atoms with Gasteiger partial charge >= 0.3 is 0 Å². The second kappa shape index (κ2) is 4.99. The maximum absolute atomic E-state index is 13.8. The molecule has 0 aliphatic carbocycles. The maximum atomic E-state index is 13.8. The first-order chi connectivity index (χ1) is 9.16. The smallest absolute Gasteiger partial charge is 0.169 e. The molecule has 0 aliphatic heterocycles. The lowest BCUT2D eigenvalue weighted by Gasteiger charge is -2.11. The van der Waals surface area contributed by atoms with Crippen molar-refractivity contribution in [2.24, 2.45) is 0 Å². The average Bonchev–Trinajstić information content (AvgIpc) is 2.86. The van der Waals surface area contributed by atoms with E-state index in [0.29, 0.717) is 15.8 Å². The van der Waals surface area contributed by atoms with Crippen LogP contribution in [0.4, 0.5) is 4.39 Å². The number of rotatable bonds is 2. The van der Waals surface area contributed by atoms with Crippen molar-refractivity contribution < 1.29 is 8.81 Å². The van der Waals surface area contributed by atoms with E-state index in [1.807, 2.05) is 18.2 Å². The van der Waals surface area contributed by atoms with Gasteiger partial charge in [0.05, 0.1) is 0 Å². The van der Waals surface area contributed by atoms with Crippen LogP contribution < -0.4 is 0 Å². The van der Waals surface area contributed by atoms with E-state index in [-0.39, 0.29) is 5.82 Å². The molecular formula is C15H9BrClFO. The van der Waals surface area contributed by atoms with E-state index >= 15 is 0 Å². The molecule has 0 saturated heterocycles. The Morgan fingerprint density at radius 2 is 1.74 bits per heavy atom. The molecule has 0 saturated carbocycles. The van der Waals surface area contributed by atoms with Gasteiger partial charge in [-0.25, -0.2) is 4.39 Å². The number of fused-ring (bicyclic) bond motifs is 1. The summed E-state index contributed by atoms with van der Waals surface area (Å²) in [6.45, 7) is 0. The van der Waals surface area contributed by atoms with Crippen LogP contribution in [0, 0.1) is 5.82 Å². The Balaban J connectivity index is 2.18. The minimum absolute atomic E-state index is 0.246. The number of hydrogen-bond acceptors (Lipinski definition) is 1. The van der Waals surface area contributed by atoms with Crippen LogP contribution in [-0.2, 0) is 0 Å². The zero-order valence-electron chi connectivity index (χ0n) is 9.74. The number of furan rings is 1. The molecule has 0 aliphatic rings. The zero-order valence-corrected chi connectivity index (χ0v) is 12.1. The minimum atomic E-state index is -0.447. The van der Waals surface area contributed by atoms with Crippen LogP contribution in [0.2, 0.25) is 0 Å². The Labute approximate surface area is 123 Å². The van der Waals surface area contributed by atoms with Gasteiger partial charge in [-0.1, -0.05) is 30.3 Å². The number of benzene rings is 2. The third-order valence-electron chi connectivity index (χ3n) is 3.02. The molecular weight excluding hydrogens is 331 g/mol. The SMILES string of the molecule is Fc1ccc(C(Cl)c2ccc(Br)o2)c2ccccc12. The summed E-state index contributed by atoms with van der Waals surface area (Å²) in [4.78, 5) is 0. The quantitative estimate of drug-likeness (QED) is 0.549. The molecule has 1 heterocycles. The molecule has 3 rings (SSSR count). The Kier molecular flexibility index (Phi) is 3.33. The second-order valence-corrected chi connectivity index (χ2v) is 5.40. The lowest BCUT2D eigenvalue weighted by atomic mass is 10.0. The zero-order chi connectivity index (χ0) is 13.4. The summed E-state index contributed by atoms with van der Waals surface area (Å²) in [6, 6.07) is 14.0. The van der Waals surface area contributed by atoms with Gasteiger partial charge in [-0.3, -0.25) is 0 Å². The molecule has 1 unspecified atom stereocenters. The van der Waals surface area contributed by atoms with E-state index in [4.69, 9.17) is 16.0 Å². The van der Waals surface area contributed by atoms with E-state index < -0.39 is 5.38 Å². The van der Waals surface area contributed by atoms with Crippen molar-refractivity contribution in [3.8, 4) is 0 Å². The maximum Gasteiger partial charge on any atom is 0.169 e. The largest absolute Gasteiger partial charge is 0.452 e. The highest BCUT2D eigenvalue weighted by Gasteiger charge is 2.18. The fourth-order valence-electron chi connectivity index (χ4n) is 2.12. The fourth-order valence-corrected chi connectivity index (χ4v) is 2.75. The van der Waals surface area contributed by atoms with Crippen LogP contribution in [0.25, 0.3) is 10.8 Å². The van der Waals surface area contributed by atoms with E-state index in [1.165, 1.54) is 6.07 Å². The van der Waals surface area contributed by atoms with E-state index in [0.717, 1.165) is 10.9 Å². The highest BCUT2D eigenvalue weighted by atomic mass is 79.9. The van der Waals surface area contributed by atoms with Crippen LogP contribution in [-0.4, -0.2) is 0 Å². The summed E-state index contributed by atoms with van der Waals surface area (Å²) in [6.07, 6.45) is 0. The number of alkyl halides is 1. The van der Waals surface area contributed by atoms with Gasteiger partial charge in [-0.15, -0.1) is 11.6 Å². The van der Waals surface area contributed by atoms with Crippen LogP contribution >= 0.6 is 27.5 Å². The van der Waals surface area contributed by atoms with Crippen molar-refractivity contribution in [1.29, 1.82) is 0 Å². The number of halogens is 3.